The highest BCUT2D eigenvalue weighted by Crippen LogP contribution is 2.54. The first-order valence-corrected chi connectivity index (χ1v) is 14.8. The summed E-state index contributed by atoms with van der Waals surface area (Å²) in [6, 6.07) is 19.9. The van der Waals surface area contributed by atoms with Crippen LogP contribution in [0.4, 0.5) is 16.3 Å². The number of ether oxygens (including phenoxy) is 3. The number of carbonyl (C=O) groups is 2. The Bertz CT molecular complexity index is 1790. The van der Waals surface area contributed by atoms with Crippen molar-refractivity contribution in [1.82, 2.24) is 9.88 Å². The number of nitrogens with zero attached hydrogens (tertiary/aromatic N) is 3. The molecule has 1 atom stereocenters. The zero-order valence-electron chi connectivity index (χ0n) is 24.8. The van der Waals surface area contributed by atoms with E-state index in [9.17, 15) is 9.59 Å². The molecule has 9 nitrogen and oxygen atoms in total. The smallest absolute Gasteiger partial charge is 0.409 e. The number of hydrogen-bond acceptors (Lipinski definition) is 7. The van der Waals surface area contributed by atoms with Crippen LogP contribution in [0.5, 0.6) is 5.75 Å². The Labute approximate surface area is 256 Å². The Balaban J connectivity index is 1.41. The number of para-hydroxylation sites is 1. The highest BCUT2D eigenvalue weighted by Gasteiger charge is 2.47. The number of piperidine rings is 1. The molecule has 1 amide bonds. The third-order valence-electron chi connectivity index (χ3n) is 8.93. The van der Waals surface area contributed by atoms with E-state index in [-0.39, 0.29) is 36.6 Å². The van der Waals surface area contributed by atoms with E-state index >= 15 is 0 Å². The number of fused-ring (bicyclic) bond motifs is 3. The minimum Gasteiger partial charge on any atom is -0.496 e. The molecule has 1 aliphatic carbocycles. The molecular formula is C35H34N4O5. The summed E-state index contributed by atoms with van der Waals surface area (Å²) in [4.78, 5) is 34.5. The van der Waals surface area contributed by atoms with Crippen molar-refractivity contribution in [1.29, 1.82) is 0 Å². The van der Waals surface area contributed by atoms with Gasteiger partial charge in [-0.3, -0.25) is 4.79 Å². The van der Waals surface area contributed by atoms with E-state index in [4.69, 9.17) is 26.5 Å². The highest BCUT2D eigenvalue weighted by atomic mass is 16.5. The van der Waals surface area contributed by atoms with Crippen LogP contribution in [0.15, 0.2) is 66.9 Å². The average molecular weight is 591 g/mol. The summed E-state index contributed by atoms with van der Waals surface area (Å²) in [6.07, 6.45) is 3.22. The third-order valence-corrected chi connectivity index (χ3v) is 8.93. The number of nitrogen functional groups attached to an aromatic ring is 1. The number of pyridine rings is 1. The SMILES string of the molecule is [C-]#[N+]c1cccc(CC(=O)OCC)c1OC1CC2(CCN(C(=O)OC)CC2)c2ccc(-c3ccc4ccnc(N)c4c3)cc21. The maximum atomic E-state index is 12.5. The molecule has 3 aromatic carbocycles. The van der Waals surface area contributed by atoms with Gasteiger partial charge in [-0.05, 0) is 77.6 Å². The molecular weight excluding hydrogens is 556 g/mol. The van der Waals surface area contributed by atoms with Gasteiger partial charge in [0, 0.05) is 30.1 Å². The summed E-state index contributed by atoms with van der Waals surface area (Å²) in [5.74, 6) is 0.517. The third kappa shape index (κ3) is 5.28. The normalized spacial score (nSPS) is 16.8. The van der Waals surface area contributed by atoms with Crippen LogP contribution in [0.25, 0.3) is 26.7 Å². The largest absolute Gasteiger partial charge is 0.496 e. The van der Waals surface area contributed by atoms with Crippen molar-refractivity contribution in [3.8, 4) is 16.9 Å². The molecule has 9 heteroatoms. The second kappa shape index (κ2) is 11.9. The number of esters is 1. The predicted octanol–water partition coefficient (Wildman–Crippen LogP) is 6.76. The van der Waals surface area contributed by atoms with Crippen molar-refractivity contribution in [2.24, 2.45) is 0 Å². The van der Waals surface area contributed by atoms with E-state index < -0.39 is 0 Å². The molecule has 6 rings (SSSR count). The second-order valence-electron chi connectivity index (χ2n) is 11.3. The van der Waals surface area contributed by atoms with Crippen LogP contribution in [0, 0.1) is 6.57 Å². The molecule has 4 aromatic rings. The van der Waals surface area contributed by atoms with Crippen molar-refractivity contribution in [2.75, 3.05) is 32.5 Å². The number of nitrogens with two attached hydrogens (primary N) is 1. The summed E-state index contributed by atoms with van der Waals surface area (Å²) in [5.41, 5.74) is 11.2. The van der Waals surface area contributed by atoms with Crippen LogP contribution in [-0.2, 0) is 26.1 Å². The number of carbonyl (C=O) groups excluding carboxylic acids is 2. The van der Waals surface area contributed by atoms with Gasteiger partial charge in [0.05, 0.1) is 26.7 Å². The number of benzene rings is 3. The Hall–Kier alpha value is -5.10. The van der Waals surface area contributed by atoms with E-state index in [2.05, 4.69) is 40.2 Å². The maximum Gasteiger partial charge on any atom is 0.409 e. The van der Waals surface area contributed by atoms with Gasteiger partial charge < -0.3 is 24.8 Å². The summed E-state index contributed by atoms with van der Waals surface area (Å²) >= 11 is 0. The summed E-state index contributed by atoms with van der Waals surface area (Å²) in [6.45, 7) is 11.0. The van der Waals surface area contributed by atoms with Gasteiger partial charge in [0.2, 0.25) is 5.69 Å². The number of aromatic nitrogens is 1. The van der Waals surface area contributed by atoms with Gasteiger partial charge in [-0.25, -0.2) is 14.6 Å². The number of likely N-dealkylation sites (tertiary alicyclic amines) is 1. The van der Waals surface area contributed by atoms with E-state index in [1.54, 1.807) is 30.2 Å². The topological polar surface area (TPSA) is 108 Å². The van der Waals surface area contributed by atoms with E-state index in [1.807, 2.05) is 18.2 Å². The van der Waals surface area contributed by atoms with Gasteiger partial charge in [-0.1, -0.05) is 42.5 Å². The van der Waals surface area contributed by atoms with Crippen molar-refractivity contribution in [2.45, 2.75) is 44.1 Å². The number of amides is 1. The number of hydrogen-bond donors (Lipinski definition) is 1. The van der Waals surface area contributed by atoms with Crippen molar-refractivity contribution in [3.05, 3.63) is 95.0 Å². The lowest BCUT2D eigenvalue weighted by atomic mass is 9.73. The van der Waals surface area contributed by atoms with Crippen LogP contribution >= 0.6 is 0 Å². The van der Waals surface area contributed by atoms with Crippen LogP contribution in [0.3, 0.4) is 0 Å². The van der Waals surface area contributed by atoms with Crippen LogP contribution in [0.1, 0.15) is 49.0 Å². The lowest BCUT2D eigenvalue weighted by Gasteiger charge is -2.39. The lowest BCUT2D eigenvalue weighted by molar-refractivity contribution is -0.142. The van der Waals surface area contributed by atoms with Gasteiger partial charge >= 0.3 is 12.1 Å². The lowest BCUT2D eigenvalue weighted by Crippen LogP contribution is -2.44. The molecule has 1 spiro atoms. The molecule has 1 unspecified atom stereocenters. The summed E-state index contributed by atoms with van der Waals surface area (Å²) in [5, 5.41) is 1.91. The Morgan fingerprint density at radius 2 is 1.86 bits per heavy atom. The van der Waals surface area contributed by atoms with E-state index in [0.717, 1.165) is 40.3 Å². The fraction of sp³-hybridized carbons (Fsp3) is 0.314. The molecule has 0 saturated carbocycles. The molecule has 2 heterocycles. The van der Waals surface area contributed by atoms with Gasteiger partial charge in [0.25, 0.3) is 0 Å². The number of rotatable bonds is 6. The first-order chi connectivity index (χ1) is 21.4. The minimum absolute atomic E-state index is 0.0118. The molecule has 2 aliphatic rings. The maximum absolute atomic E-state index is 12.5. The molecule has 2 N–H and O–H groups in total. The van der Waals surface area contributed by atoms with Crippen LogP contribution in [0.2, 0.25) is 0 Å². The zero-order valence-corrected chi connectivity index (χ0v) is 24.8. The Kier molecular flexibility index (Phi) is 7.83. The second-order valence-corrected chi connectivity index (χ2v) is 11.3. The number of anilines is 1. The van der Waals surface area contributed by atoms with Gasteiger partial charge in [-0.2, -0.15) is 0 Å². The molecule has 44 heavy (non-hydrogen) atoms. The van der Waals surface area contributed by atoms with Crippen LogP contribution < -0.4 is 10.5 Å². The van der Waals surface area contributed by atoms with Crippen LogP contribution in [-0.4, -0.2) is 48.8 Å². The average Bonchev–Trinajstić information content (AvgIpc) is 3.33. The summed E-state index contributed by atoms with van der Waals surface area (Å²) in [7, 11) is 1.40. The Morgan fingerprint density at radius 1 is 1.09 bits per heavy atom. The van der Waals surface area contributed by atoms with E-state index in [0.29, 0.717) is 42.3 Å². The van der Waals surface area contributed by atoms with Gasteiger partial charge in [-0.15, -0.1) is 0 Å². The molecule has 0 bridgehead atoms. The molecule has 1 saturated heterocycles. The van der Waals surface area contributed by atoms with Crippen molar-refractivity contribution < 1.29 is 23.8 Å². The molecule has 0 radical (unpaired) electrons. The monoisotopic (exact) mass is 590 g/mol. The standard InChI is InChI=1S/C35H34N4O5/c1-4-43-31(40)20-25-6-5-7-29(37-2)32(25)44-30-21-35(13-16-39(17-14-35)34(41)42-3)28-11-10-24(19-27(28)30)23-9-8-22-12-15-38-33(36)26(22)18-23/h5-12,15,18-19,30H,4,13-14,16-17,20-21H2,1,3H3,(H2,36,38). The molecule has 224 valence electrons. The number of methoxy groups -OCH3 is 1. The minimum atomic E-state index is -0.370. The first kappa shape index (κ1) is 29.0. The molecule has 1 fully saturated rings. The van der Waals surface area contributed by atoms with Gasteiger partial charge in [0.1, 0.15) is 17.7 Å². The fourth-order valence-electron chi connectivity index (χ4n) is 6.71. The van der Waals surface area contributed by atoms with Crippen molar-refractivity contribution in [3.63, 3.8) is 0 Å². The highest BCUT2D eigenvalue weighted by molar-refractivity contribution is 5.94. The zero-order chi connectivity index (χ0) is 30.8. The quantitative estimate of drug-likeness (QED) is 0.195. The van der Waals surface area contributed by atoms with E-state index in [1.165, 1.54) is 12.7 Å². The molecule has 1 aromatic heterocycles. The first-order valence-electron chi connectivity index (χ1n) is 14.8. The predicted molar refractivity (Wildman–Crippen MR) is 168 cm³/mol. The summed E-state index contributed by atoms with van der Waals surface area (Å²) < 4.78 is 17.0. The fourth-order valence-corrected chi connectivity index (χ4v) is 6.71. The molecule has 1 aliphatic heterocycles. The van der Waals surface area contributed by atoms with Gasteiger partial charge in [0.15, 0.2) is 0 Å². The van der Waals surface area contributed by atoms with Crippen molar-refractivity contribution >= 4 is 34.3 Å². The Morgan fingerprint density at radius 3 is 2.61 bits per heavy atom.